The predicted octanol–water partition coefficient (Wildman–Crippen LogP) is 1.19. The quantitative estimate of drug-likeness (QED) is 0.649. The molecular formula is C12H15ClN4O2Y2. The third kappa shape index (κ3) is 3.84. The fourth-order valence-electron chi connectivity index (χ4n) is 2.72. The number of fused-ring (bicyclic) bond motifs is 1. The van der Waals surface area contributed by atoms with E-state index in [1.165, 1.54) is 6.20 Å². The van der Waals surface area contributed by atoms with E-state index in [0.29, 0.717) is 30.8 Å². The molecule has 0 bridgehead atoms. The number of carbonyl (C=O) groups excluding carboxylic acids is 1. The maximum Gasteiger partial charge on any atom is 0.247 e. The Labute approximate surface area is 178 Å². The third-order valence-electron chi connectivity index (χ3n) is 3.75. The van der Waals surface area contributed by atoms with Gasteiger partial charge in [0.25, 0.3) is 0 Å². The number of nitrogens with one attached hydrogen (secondary N) is 1. The summed E-state index contributed by atoms with van der Waals surface area (Å²) in [7, 11) is 0. The summed E-state index contributed by atoms with van der Waals surface area (Å²) in [6, 6.07) is -0.133. The van der Waals surface area contributed by atoms with Crippen molar-refractivity contribution in [1.82, 2.24) is 9.97 Å². The summed E-state index contributed by atoms with van der Waals surface area (Å²) in [4.78, 5) is 22.2. The zero-order valence-electron chi connectivity index (χ0n) is 11.7. The van der Waals surface area contributed by atoms with E-state index in [-0.39, 0.29) is 94.8 Å². The van der Waals surface area contributed by atoms with Crippen molar-refractivity contribution in [3.05, 3.63) is 11.5 Å². The average molecular weight is 461 g/mol. The third-order valence-corrected chi connectivity index (χ3v) is 3.93. The summed E-state index contributed by atoms with van der Waals surface area (Å²) in [5.41, 5.74) is 0.584. The van der Waals surface area contributed by atoms with Gasteiger partial charge in [0.2, 0.25) is 11.2 Å². The van der Waals surface area contributed by atoms with Crippen molar-refractivity contribution < 1.29 is 75.3 Å². The maximum atomic E-state index is 12.1. The van der Waals surface area contributed by atoms with Crippen molar-refractivity contribution in [2.75, 3.05) is 10.2 Å². The van der Waals surface area contributed by atoms with Crippen LogP contribution >= 0.6 is 11.6 Å². The summed E-state index contributed by atoms with van der Waals surface area (Å²) in [5.74, 6) is 0.602. The van der Waals surface area contributed by atoms with Crippen LogP contribution in [0.5, 0.6) is 0 Å². The first-order chi connectivity index (χ1) is 9.10. The molecule has 1 saturated carbocycles. The van der Waals surface area contributed by atoms with E-state index < -0.39 is 0 Å². The number of aromatic nitrogens is 2. The van der Waals surface area contributed by atoms with Crippen LogP contribution in [0.4, 0.5) is 11.5 Å². The van der Waals surface area contributed by atoms with Gasteiger partial charge in [-0.15, -0.1) is 0 Å². The van der Waals surface area contributed by atoms with Gasteiger partial charge < -0.3 is 15.3 Å². The molecule has 2 radical (unpaired) electrons. The minimum atomic E-state index is -0.284. The second-order valence-electron chi connectivity index (χ2n) is 4.98. The smallest absolute Gasteiger partial charge is 0.247 e. The first-order valence-electron chi connectivity index (χ1n) is 6.40. The molecule has 3 rings (SSSR count). The number of aliphatic hydroxyl groups is 1. The average Bonchev–Trinajstić information content (AvgIpc) is 2.34. The Morgan fingerprint density at radius 3 is 2.71 bits per heavy atom. The van der Waals surface area contributed by atoms with Crippen molar-refractivity contribution in [2.24, 2.45) is 0 Å². The Bertz CT molecular complexity index is 528. The molecule has 0 saturated heterocycles. The molecule has 1 amide bonds. The van der Waals surface area contributed by atoms with Gasteiger partial charge in [0.15, 0.2) is 5.82 Å². The van der Waals surface area contributed by atoms with Crippen LogP contribution in [-0.2, 0) is 70.2 Å². The van der Waals surface area contributed by atoms with Crippen LogP contribution in [0, 0.1) is 0 Å². The maximum absolute atomic E-state index is 12.1. The van der Waals surface area contributed by atoms with Crippen LogP contribution in [0.1, 0.15) is 26.2 Å². The van der Waals surface area contributed by atoms with Crippen molar-refractivity contribution in [2.45, 2.75) is 44.4 Å². The molecule has 2 aliphatic rings. The van der Waals surface area contributed by atoms with E-state index in [1.54, 1.807) is 0 Å². The molecule has 1 atom stereocenters. The topological polar surface area (TPSA) is 78.4 Å². The number of anilines is 2. The second kappa shape index (κ2) is 8.07. The fourth-order valence-corrected chi connectivity index (χ4v) is 2.85. The number of rotatable bonds is 2. The van der Waals surface area contributed by atoms with Crippen molar-refractivity contribution in [3.63, 3.8) is 0 Å². The van der Waals surface area contributed by atoms with Crippen LogP contribution in [0.2, 0.25) is 5.28 Å². The first-order valence-corrected chi connectivity index (χ1v) is 6.77. The van der Waals surface area contributed by atoms with Gasteiger partial charge in [-0.1, -0.05) is 6.92 Å². The van der Waals surface area contributed by atoms with E-state index >= 15 is 0 Å². The number of hydrogen-bond donors (Lipinski definition) is 2. The summed E-state index contributed by atoms with van der Waals surface area (Å²) in [6.45, 7) is 1.96. The Kier molecular flexibility index (Phi) is 7.63. The molecule has 0 aromatic carbocycles. The molecule has 21 heavy (non-hydrogen) atoms. The zero-order valence-corrected chi connectivity index (χ0v) is 18.1. The molecule has 6 nitrogen and oxygen atoms in total. The number of hydrogen-bond acceptors (Lipinski definition) is 5. The minimum absolute atomic E-state index is 0. The van der Waals surface area contributed by atoms with Crippen LogP contribution in [-0.4, -0.2) is 39.2 Å². The van der Waals surface area contributed by atoms with E-state index in [9.17, 15) is 9.90 Å². The van der Waals surface area contributed by atoms with E-state index in [4.69, 9.17) is 11.6 Å². The van der Waals surface area contributed by atoms with Gasteiger partial charge in [-0.05, 0) is 30.9 Å². The summed E-state index contributed by atoms with van der Waals surface area (Å²) >= 11 is 5.85. The summed E-state index contributed by atoms with van der Waals surface area (Å²) in [6.07, 6.45) is 3.24. The zero-order chi connectivity index (χ0) is 13.6. The predicted molar refractivity (Wildman–Crippen MR) is 71.3 cm³/mol. The number of nitrogens with zero attached hydrogens (tertiary/aromatic N) is 3. The largest absolute Gasteiger partial charge is 0.393 e. The van der Waals surface area contributed by atoms with E-state index in [1.807, 2.05) is 11.8 Å². The summed E-state index contributed by atoms with van der Waals surface area (Å²) in [5, 5.41) is 12.5. The van der Waals surface area contributed by atoms with Crippen LogP contribution < -0.4 is 10.2 Å². The van der Waals surface area contributed by atoms with Gasteiger partial charge >= 0.3 is 0 Å². The van der Waals surface area contributed by atoms with Gasteiger partial charge in [-0.2, -0.15) is 4.98 Å². The molecule has 108 valence electrons. The second-order valence-corrected chi connectivity index (χ2v) is 5.31. The molecular weight excluding hydrogens is 445 g/mol. The molecule has 1 unspecified atom stereocenters. The Morgan fingerprint density at radius 2 is 2.14 bits per heavy atom. The molecule has 1 aromatic rings. The normalized spacial score (nSPS) is 26.7. The molecule has 1 aliphatic carbocycles. The molecule has 1 fully saturated rings. The van der Waals surface area contributed by atoms with Crippen LogP contribution in [0.15, 0.2) is 6.20 Å². The Hall–Kier alpha value is 0.808. The van der Waals surface area contributed by atoms with Gasteiger partial charge in [0.05, 0.1) is 12.3 Å². The van der Waals surface area contributed by atoms with Gasteiger partial charge in [-0.3, -0.25) is 4.79 Å². The molecule has 2 N–H and O–H groups in total. The molecule has 1 aromatic heterocycles. The molecule has 0 spiro atoms. The molecule has 2 heterocycles. The molecule has 1 aliphatic heterocycles. The van der Waals surface area contributed by atoms with Gasteiger partial charge in [0, 0.05) is 71.5 Å². The number of halogens is 1. The number of aliphatic hydroxyl groups excluding tert-OH is 1. The SMILES string of the molecule is CCC1C(=O)Nc2cnc(Cl)nc2N1C1CC(O)C1.[Y].[Y]. The standard InChI is InChI=1S/C12H15ClN4O2.2Y/c1-2-9-11(19)15-8-5-14-12(13)16-10(8)17(9)6-3-7(18)4-6;;/h5-7,9,18H,2-4H2,1H3,(H,15,19);;. The fraction of sp³-hybridized carbons (Fsp3) is 0.583. The first kappa shape index (κ1) is 19.9. The monoisotopic (exact) mass is 460 g/mol. The number of carbonyl (C=O) groups is 1. The van der Waals surface area contributed by atoms with Gasteiger partial charge in [-0.25, -0.2) is 4.98 Å². The van der Waals surface area contributed by atoms with Crippen LogP contribution in [0.25, 0.3) is 0 Å². The van der Waals surface area contributed by atoms with E-state index in [0.717, 1.165) is 0 Å². The Morgan fingerprint density at radius 1 is 1.48 bits per heavy atom. The molecule has 9 heteroatoms. The van der Waals surface area contributed by atoms with Crippen molar-refractivity contribution in [1.29, 1.82) is 0 Å². The number of amides is 1. The Balaban J connectivity index is 0.00000110. The summed E-state index contributed by atoms with van der Waals surface area (Å²) < 4.78 is 0. The van der Waals surface area contributed by atoms with E-state index in [2.05, 4.69) is 15.3 Å². The van der Waals surface area contributed by atoms with Crippen molar-refractivity contribution >= 4 is 29.0 Å². The van der Waals surface area contributed by atoms with Crippen LogP contribution in [0.3, 0.4) is 0 Å². The van der Waals surface area contributed by atoms with Gasteiger partial charge in [0.1, 0.15) is 11.7 Å². The van der Waals surface area contributed by atoms with Crippen molar-refractivity contribution in [3.8, 4) is 0 Å². The minimum Gasteiger partial charge on any atom is -0.393 e.